The van der Waals surface area contributed by atoms with E-state index in [1.807, 2.05) is 73.8 Å². The molecule has 50 heavy (non-hydrogen) atoms. The van der Waals surface area contributed by atoms with E-state index >= 15 is 0 Å². The summed E-state index contributed by atoms with van der Waals surface area (Å²) in [5, 5.41) is 11.2. The lowest BCUT2D eigenvalue weighted by Crippen LogP contribution is -2.57. The van der Waals surface area contributed by atoms with E-state index in [0.29, 0.717) is 56.8 Å². The van der Waals surface area contributed by atoms with E-state index in [4.69, 9.17) is 23.1 Å². The van der Waals surface area contributed by atoms with Gasteiger partial charge in [0.1, 0.15) is 12.1 Å². The summed E-state index contributed by atoms with van der Waals surface area (Å²) in [6.45, 7) is 3.51. The van der Waals surface area contributed by atoms with Crippen molar-refractivity contribution in [3.05, 3.63) is 94.1 Å². The Bertz CT molecular complexity index is 1800. The Balaban J connectivity index is 1.57. The molecule has 5 rings (SSSR count). The van der Waals surface area contributed by atoms with Crippen molar-refractivity contribution in [2.24, 2.45) is 11.5 Å². The number of nitrogens with zero attached hydrogens (tertiary/aromatic N) is 1. The Labute approximate surface area is 303 Å². The lowest BCUT2D eigenvalue weighted by Gasteiger charge is -2.32. The van der Waals surface area contributed by atoms with Crippen LogP contribution in [0.25, 0.3) is 10.9 Å². The molecular weight excluding hydrogens is 670 g/mol. The molecule has 3 amide bonds. The maximum atomic E-state index is 14.4. The molecule has 12 heteroatoms. The van der Waals surface area contributed by atoms with E-state index in [-0.39, 0.29) is 30.7 Å². The minimum absolute atomic E-state index is 0.216. The third-order valence-corrected chi connectivity index (χ3v) is 10.9. The molecule has 10 nitrogen and oxygen atoms in total. The average Bonchev–Trinajstić information content (AvgIpc) is 3.52. The Morgan fingerprint density at radius 3 is 2.42 bits per heavy atom. The number of hydrogen-bond acceptors (Lipinski definition) is 7. The first kappa shape index (κ1) is 37.4. The first-order chi connectivity index (χ1) is 24.2. The van der Waals surface area contributed by atoms with Gasteiger partial charge in [-0.1, -0.05) is 65.8 Å². The highest BCUT2D eigenvalue weighted by Crippen LogP contribution is 2.38. The molecule has 0 bridgehead atoms. The maximum absolute atomic E-state index is 14.4. The lowest BCUT2D eigenvalue weighted by molar-refractivity contribution is -0.142. The van der Waals surface area contributed by atoms with E-state index < -0.39 is 18.1 Å². The minimum atomic E-state index is -0.866. The van der Waals surface area contributed by atoms with Crippen molar-refractivity contribution in [3.63, 3.8) is 0 Å². The fraction of sp³-hybridized carbons (Fsp3) is 0.395. The summed E-state index contributed by atoms with van der Waals surface area (Å²) in [6.07, 6.45) is 5.02. The van der Waals surface area contributed by atoms with E-state index in [0.717, 1.165) is 42.9 Å². The zero-order chi connectivity index (χ0) is 35.6. The Morgan fingerprint density at radius 1 is 0.880 bits per heavy atom. The molecule has 2 heterocycles. The van der Waals surface area contributed by atoms with Gasteiger partial charge in [0, 0.05) is 53.4 Å². The van der Waals surface area contributed by atoms with Gasteiger partial charge in [0.15, 0.2) is 0 Å². The smallest absolute Gasteiger partial charge is 0.245 e. The molecule has 1 aliphatic rings. The third kappa shape index (κ3) is 9.26. The van der Waals surface area contributed by atoms with E-state index in [2.05, 4.69) is 20.9 Å². The summed E-state index contributed by atoms with van der Waals surface area (Å²) in [5.74, 6) is -0.926. The summed E-state index contributed by atoms with van der Waals surface area (Å²) < 4.78 is 0. The second-order valence-electron chi connectivity index (χ2n) is 12.9. The summed E-state index contributed by atoms with van der Waals surface area (Å²) >= 11 is 8.41. The molecule has 0 spiro atoms. The van der Waals surface area contributed by atoms with Crippen LogP contribution in [0.5, 0.6) is 0 Å². The maximum Gasteiger partial charge on any atom is 0.245 e. The van der Waals surface area contributed by atoms with Crippen LogP contribution in [0.2, 0.25) is 5.02 Å². The van der Waals surface area contributed by atoms with Crippen LogP contribution in [0.1, 0.15) is 54.4 Å². The van der Waals surface area contributed by atoms with Gasteiger partial charge in [-0.15, -0.1) is 0 Å². The molecule has 8 N–H and O–H groups in total. The van der Waals surface area contributed by atoms with Crippen molar-refractivity contribution in [2.75, 3.05) is 20.1 Å². The zero-order valence-corrected chi connectivity index (χ0v) is 30.3. The van der Waals surface area contributed by atoms with Gasteiger partial charge in [-0.3, -0.25) is 14.4 Å². The molecule has 0 saturated heterocycles. The molecule has 0 fully saturated rings. The first-order valence-corrected chi connectivity index (χ1v) is 18.5. The lowest BCUT2D eigenvalue weighted by atomic mass is 10.0. The van der Waals surface area contributed by atoms with Crippen molar-refractivity contribution < 1.29 is 14.4 Å². The summed E-state index contributed by atoms with van der Waals surface area (Å²) in [5.41, 5.74) is 16.4. The number of carbonyl (C=O) groups excluding carboxylic acids is 3. The number of aromatic nitrogens is 1. The van der Waals surface area contributed by atoms with Gasteiger partial charge < -0.3 is 37.3 Å². The van der Waals surface area contributed by atoms with Gasteiger partial charge in [-0.25, -0.2) is 0 Å². The largest absolute Gasteiger partial charge is 0.361 e. The molecule has 3 aromatic carbocycles. The molecule has 3 atom stereocenters. The zero-order valence-electron chi connectivity index (χ0n) is 28.8. The number of aromatic amines is 1. The Hall–Kier alpha value is -3.87. The minimum Gasteiger partial charge on any atom is -0.361 e. The van der Waals surface area contributed by atoms with E-state index in [9.17, 15) is 14.4 Å². The predicted octanol–water partition coefficient (Wildman–Crippen LogP) is 4.79. The van der Waals surface area contributed by atoms with Gasteiger partial charge in [-0.05, 0) is 92.6 Å². The van der Waals surface area contributed by atoms with Gasteiger partial charge >= 0.3 is 0 Å². The number of benzene rings is 3. The number of H-pyrrole nitrogens is 1. The molecule has 0 aliphatic carbocycles. The Morgan fingerprint density at radius 2 is 1.62 bits per heavy atom. The standard InChI is InChI=1S/C38H48ClN7O3S/c1-24-18-27-23-44-37(48)33(20-26-22-42-30-12-5-4-11-28(26)30)46(2)38(49)32(13-7-8-16-40)45-36(47)31(14-9-17-41)43-21-25-10-3-6-15-34(25)50-35(27)29(39)19-24/h3-6,10-12,15,18-19,22,31-33,42-43H,7-9,13-14,16-17,20-21,23,40-41H2,1-2H3,(H,44,48)(H,45,47)/t31-,32+,33-/m0/s1. The van der Waals surface area contributed by atoms with Crippen molar-refractivity contribution >= 4 is 52.0 Å². The second-order valence-corrected chi connectivity index (χ2v) is 14.4. The van der Waals surface area contributed by atoms with Gasteiger partial charge in [0.2, 0.25) is 17.7 Å². The van der Waals surface area contributed by atoms with E-state index in [1.165, 1.54) is 16.7 Å². The second kappa shape index (κ2) is 17.9. The third-order valence-electron chi connectivity index (χ3n) is 9.22. The number of rotatable bonds is 9. The van der Waals surface area contributed by atoms with Crippen molar-refractivity contribution in [3.8, 4) is 0 Å². The summed E-state index contributed by atoms with van der Waals surface area (Å²) in [4.78, 5) is 49.2. The number of fused-ring (bicyclic) bond motifs is 3. The fourth-order valence-electron chi connectivity index (χ4n) is 6.42. The van der Waals surface area contributed by atoms with Crippen LogP contribution in [0.15, 0.2) is 76.7 Å². The summed E-state index contributed by atoms with van der Waals surface area (Å²) in [7, 11) is 1.64. The first-order valence-electron chi connectivity index (χ1n) is 17.3. The van der Waals surface area contributed by atoms with Crippen molar-refractivity contribution in [1.82, 2.24) is 25.8 Å². The molecule has 1 aliphatic heterocycles. The highest BCUT2D eigenvalue weighted by Gasteiger charge is 2.34. The van der Waals surface area contributed by atoms with Gasteiger partial charge in [0.25, 0.3) is 0 Å². The fourth-order valence-corrected chi connectivity index (χ4v) is 7.89. The Kier molecular flexibility index (Phi) is 13.4. The molecule has 0 saturated carbocycles. The van der Waals surface area contributed by atoms with Crippen LogP contribution in [-0.4, -0.2) is 65.9 Å². The molecular formula is C38H48ClN7O3S. The van der Waals surface area contributed by atoms with Crippen LogP contribution in [0.3, 0.4) is 0 Å². The van der Waals surface area contributed by atoms with Crippen molar-refractivity contribution in [1.29, 1.82) is 0 Å². The van der Waals surface area contributed by atoms with Crippen LogP contribution in [0.4, 0.5) is 0 Å². The average molecular weight is 718 g/mol. The number of aryl methyl sites for hydroxylation is 1. The summed E-state index contributed by atoms with van der Waals surface area (Å²) in [6, 6.07) is 17.5. The molecule has 4 aromatic rings. The number of nitrogens with one attached hydrogen (secondary N) is 4. The van der Waals surface area contributed by atoms with Crippen LogP contribution in [0, 0.1) is 6.92 Å². The van der Waals surface area contributed by atoms with Crippen LogP contribution >= 0.6 is 23.4 Å². The topological polar surface area (TPSA) is 158 Å². The number of carbonyl (C=O) groups is 3. The predicted molar refractivity (Wildman–Crippen MR) is 201 cm³/mol. The normalized spacial score (nSPS) is 19.4. The molecule has 1 aromatic heterocycles. The number of hydrogen-bond donors (Lipinski definition) is 6. The van der Waals surface area contributed by atoms with E-state index in [1.54, 1.807) is 7.05 Å². The SMILES string of the molecule is Cc1cc(Cl)c2c(c1)CNC(=O)[C@H](Cc1c[nH]c3ccccc13)N(C)C(=O)[C@@H](CCCCN)NC(=O)[C@H](CCCN)NCc1ccccc1S2. The highest BCUT2D eigenvalue weighted by molar-refractivity contribution is 7.99. The number of nitrogens with two attached hydrogens (primary N) is 2. The number of likely N-dealkylation sites (N-methyl/N-ethyl adjacent to an activating group) is 1. The molecule has 266 valence electrons. The number of halogens is 1. The van der Waals surface area contributed by atoms with Gasteiger partial charge in [-0.2, -0.15) is 0 Å². The highest BCUT2D eigenvalue weighted by atomic mass is 35.5. The van der Waals surface area contributed by atoms with Crippen LogP contribution in [-0.2, 0) is 33.9 Å². The monoisotopic (exact) mass is 717 g/mol. The van der Waals surface area contributed by atoms with Crippen molar-refractivity contribution in [2.45, 2.75) is 86.5 Å². The number of para-hydroxylation sites is 1. The number of unbranched alkanes of at least 4 members (excludes halogenated alkanes) is 1. The molecule has 0 unspecified atom stereocenters. The van der Waals surface area contributed by atoms with Gasteiger partial charge in [0.05, 0.1) is 11.1 Å². The quantitative estimate of drug-likeness (QED) is 0.136. The van der Waals surface area contributed by atoms with Crippen LogP contribution < -0.4 is 27.4 Å². The number of amides is 3. The molecule has 0 radical (unpaired) electrons.